The van der Waals surface area contributed by atoms with E-state index in [4.69, 9.17) is 15.3 Å². The van der Waals surface area contributed by atoms with Crippen molar-refractivity contribution in [1.82, 2.24) is 0 Å². The van der Waals surface area contributed by atoms with Crippen LogP contribution in [0, 0.1) is 5.41 Å². The molecule has 0 rings (SSSR count). The summed E-state index contributed by atoms with van der Waals surface area (Å²) in [7, 11) is 0. The highest BCUT2D eigenvalue weighted by Gasteiger charge is 2.24. The molecule has 0 aliphatic rings. The fourth-order valence-electron chi connectivity index (χ4n) is 0.581. The third kappa shape index (κ3) is 7.10. The lowest BCUT2D eigenvalue weighted by Gasteiger charge is -2.24. The van der Waals surface area contributed by atoms with Gasteiger partial charge in [-0.25, -0.2) is 4.79 Å². The van der Waals surface area contributed by atoms with Crippen molar-refractivity contribution in [2.24, 2.45) is 5.41 Å². The zero-order valence-corrected chi connectivity index (χ0v) is 9.26. The third-order valence-corrected chi connectivity index (χ3v) is 2.09. The Morgan fingerprint density at radius 2 is 1.75 bits per heavy atom. The zero-order valence-electron chi connectivity index (χ0n) is 9.26. The number of aliphatic hydroxyl groups excluding tert-OH is 3. The molecule has 0 aromatic rings. The summed E-state index contributed by atoms with van der Waals surface area (Å²) in [5.74, 6) is -0.727. The van der Waals surface area contributed by atoms with Crippen molar-refractivity contribution in [3.8, 4) is 0 Å². The molecule has 0 aromatic heterocycles. The molecule has 0 unspecified atom stereocenters. The molecule has 94 valence electrons. The highest BCUT2D eigenvalue weighted by atomic mass is 16.6. The molecule has 0 bridgehead atoms. The Morgan fingerprint density at radius 1 is 1.31 bits per heavy atom. The summed E-state index contributed by atoms with van der Waals surface area (Å²) in [6.45, 7) is 4.46. The van der Waals surface area contributed by atoms with E-state index in [1.54, 1.807) is 0 Å². The fourth-order valence-corrected chi connectivity index (χ4v) is 0.581. The molecule has 0 spiro atoms. The van der Waals surface area contributed by atoms with Crippen LogP contribution in [-0.2, 0) is 14.3 Å². The van der Waals surface area contributed by atoms with Gasteiger partial charge in [-0.05, 0) is 6.42 Å². The molecule has 0 amide bonds. The molecule has 3 N–H and O–H groups in total. The van der Waals surface area contributed by atoms with Gasteiger partial charge in [0.15, 0.2) is 0 Å². The average Bonchev–Trinajstić information content (AvgIpc) is 2.34. The van der Waals surface area contributed by atoms with Gasteiger partial charge in [-0.3, -0.25) is 4.79 Å². The number of carbonyl (C=O) groups is 2. The predicted molar refractivity (Wildman–Crippen MR) is 56.3 cm³/mol. The molecule has 0 saturated heterocycles. The molecule has 0 aromatic carbocycles. The Morgan fingerprint density at radius 3 is 1.81 bits per heavy atom. The first-order valence-electron chi connectivity index (χ1n) is 4.65. The minimum Gasteiger partial charge on any atom is -0.396 e. The Bertz CT molecular complexity index is 192. The average molecular weight is 234 g/mol. The number of esters is 1. The largest absolute Gasteiger partial charge is 0.396 e. The molecule has 0 radical (unpaired) electrons. The number of rotatable bonds is 6. The van der Waals surface area contributed by atoms with Gasteiger partial charge in [-0.15, -0.1) is 0 Å². The number of carbonyl (C=O) groups excluding carboxylic acids is 2. The zero-order chi connectivity index (χ0) is 13.0. The molecule has 0 aliphatic carbocycles. The normalized spacial score (nSPS) is 9.75. The van der Waals surface area contributed by atoms with Crippen molar-refractivity contribution in [2.75, 3.05) is 19.8 Å². The van der Waals surface area contributed by atoms with Crippen LogP contribution >= 0.6 is 0 Å². The van der Waals surface area contributed by atoms with Gasteiger partial charge in [0.1, 0.15) is 0 Å². The SMILES string of the molecule is C=CC(=O)OC=O.CCC(CO)(CO)CO. The van der Waals surface area contributed by atoms with Crippen molar-refractivity contribution in [3.05, 3.63) is 12.7 Å². The van der Waals surface area contributed by atoms with E-state index < -0.39 is 11.4 Å². The van der Waals surface area contributed by atoms with E-state index in [0.29, 0.717) is 6.42 Å². The van der Waals surface area contributed by atoms with Gasteiger partial charge in [-0.2, -0.15) is 0 Å². The lowest BCUT2D eigenvalue weighted by Crippen LogP contribution is -2.32. The van der Waals surface area contributed by atoms with Crippen LogP contribution in [0.5, 0.6) is 0 Å². The van der Waals surface area contributed by atoms with Crippen LogP contribution in [0.15, 0.2) is 12.7 Å². The molecular formula is C10H18O6. The maximum atomic E-state index is 9.84. The molecular weight excluding hydrogens is 216 g/mol. The minimum absolute atomic E-state index is 0.0595. The highest BCUT2D eigenvalue weighted by Crippen LogP contribution is 2.18. The van der Waals surface area contributed by atoms with E-state index in [1.807, 2.05) is 6.92 Å². The molecule has 0 saturated carbocycles. The Balaban J connectivity index is 0. The summed E-state index contributed by atoms with van der Waals surface area (Å²) in [5, 5.41) is 26.0. The summed E-state index contributed by atoms with van der Waals surface area (Å²) in [6.07, 6.45) is 1.50. The van der Waals surface area contributed by atoms with Crippen LogP contribution in [0.3, 0.4) is 0 Å². The minimum atomic E-state index is -0.727. The fraction of sp³-hybridized carbons (Fsp3) is 0.600. The number of aliphatic hydroxyl groups is 3. The second-order valence-electron chi connectivity index (χ2n) is 3.07. The number of hydrogen-bond donors (Lipinski definition) is 3. The molecule has 0 aliphatic heterocycles. The summed E-state index contributed by atoms with van der Waals surface area (Å²) >= 11 is 0. The standard InChI is InChI=1S/C6H14O3.C4H4O3/c1-2-6(3-7,4-8)5-9;1-2-4(6)7-3-5/h7-9H,2-5H2,1H3;2-3H,1H2. The van der Waals surface area contributed by atoms with Crippen molar-refractivity contribution in [1.29, 1.82) is 0 Å². The molecule has 6 nitrogen and oxygen atoms in total. The summed E-state index contributed by atoms with van der Waals surface area (Å²) in [5.41, 5.74) is -0.667. The first-order chi connectivity index (χ1) is 7.55. The maximum Gasteiger partial charge on any atom is 0.337 e. The Labute approximate surface area is 94.2 Å². The number of ether oxygens (including phenoxy) is 1. The topological polar surface area (TPSA) is 104 Å². The van der Waals surface area contributed by atoms with Crippen molar-refractivity contribution in [3.63, 3.8) is 0 Å². The van der Waals surface area contributed by atoms with Gasteiger partial charge in [0, 0.05) is 11.5 Å². The van der Waals surface area contributed by atoms with Gasteiger partial charge in [0.2, 0.25) is 0 Å². The summed E-state index contributed by atoms with van der Waals surface area (Å²) in [4.78, 5) is 19.1. The van der Waals surface area contributed by atoms with Crippen LogP contribution in [0.1, 0.15) is 13.3 Å². The molecule has 0 heterocycles. The van der Waals surface area contributed by atoms with E-state index in [9.17, 15) is 9.59 Å². The number of hydrogen-bond acceptors (Lipinski definition) is 6. The van der Waals surface area contributed by atoms with Crippen molar-refractivity contribution < 1.29 is 29.6 Å². The quantitative estimate of drug-likeness (QED) is 0.241. The molecule has 0 atom stereocenters. The Kier molecular flexibility index (Phi) is 11.0. The molecule has 16 heavy (non-hydrogen) atoms. The van der Waals surface area contributed by atoms with Crippen molar-refractivity contribution >= 4 is 12.4 Å². The second kappa shape index (κ2) is 10.3. The van der Waals surface area contributed by atoms with Gasteiger partial charge in [-0.1, -0.05) is 13.5 Å². The lowest BCUT2D eigenvalue weighted by atomic mass is 9.88. The molecule has 0 fully saturated rings. The predicted octanol–water partition coefficient (Wildman–Crippen LogP) is -0.768. The smallest absolute Gasteiger partial charge is 0.337 e. The van der Waals surface area contributed by atoms with Crippen molar-refractivity contribution in [2.45, 2.75) is 13.3 Å². The summed E-state index contributed by atoms with van der Waals surface area (Å²) < 4.78 is 3.75. The van der Waals surface area contributed by atoms with Crippen LogP contribution in [0.4, 0.5) is 0 Å². The first kappa shape index (κ1) is 17.2. The van der Waals surface area contributed by atoms with Gasteiger partial charge in [0.25, 0.3) is 0 Å². The van der Waals surface area contributed by atoms with E-state index in [1.165, 1.54) is 0 Å². The van der Waals surface area contributed by atoms with Gasteiger partial charge >= 0.3 is 12.4 Å². The van der Waals surface area contributed by atoms with Crippen LogP contribution in [0.2, 0.25) is 0 Å². The van der Waals surface area contributed by atoms with E-state index in [-0.39, 0.29) is 26.3 Å². The third-order valence-electron chi connectivity index (χ3n) is 2.09. The second-order valence-corrected chi connectivity index (χ2v) is 3.07. The highest BCUT2D eigenvalue weighted by molar-refractivity contribution is 5.85. The lowest BCUT2D eigenvalue weighted by molar-refractivity contribution is -0.147. The summed E-state index contributed by atoms with van der Waals surface area (Å²) in [6, 6.07) is 0. The van der Waals surface area contributed by atoms with Gasteiger partial charge < -0.3 is 20.1 Å². The molecule has 6 heteroatoms. The van der Waals surface area contributed by atoms with E-state index in [0.717, 1.165) is 6.08 Å². The monoisotopic (exact) mass is 234 g/mol. The first-order valence-corrected chi connectivity index (χ1v) is 4.65. The Hall–Kier alpha value is -1.24. The van der Waals surface area contributed by atoms with Crippen LogP contribution in [0.25, 0.3) is 0 Å². The van der Waals surface area contributed by atoms with E-state index >= 15 is 0 Å². The van der Waals surface area contributed by atoms with Gasteiger partial charge in [0.05, 0.1) is 19.8 Å². The van der Waals surface area contributed by atoms with Crippen LogP contribution in [-0.4, -0.2) is 47.6 Å². The van der Waals surface area contributed by atoms with Crippen LogP contribution < -0.4 is 0 Å². The van der Waals surface area contributed by atoms with E-state index in [2.05, 4.69) is 11.3 Å². The maximum absolute atomic E-state index is 9.84.